The fraction of sp³-hybridized carbons (Fsp3) is 0.167. The number of aryl methyl sites for hydroxylation is 1. The molecule has 0 fully saturated rings. The van der Waals surface area contributed by atoms with Gasteiger partial charge in [-0.2, -0.15) is 13.2 Å². The summed E-state index contributed by atoms with van der Waals surface area (Å²) in [4.78, 5) is 0.740. The molecule has 0 unspecified atom stereocenters. The molecular weight excluding hydrogens is 325 g/mol. The molecular formula is C12H11F3N2O2S2. The van der Waals surface area contributed by atoms with Crippen LogP contribution in [-0.4, -0.2) is 8.42 Å². The molecule has 2 aromatic rings. The van der Waals surface area contributed by atoms with Gasteiger partial charge in [-0.05, 0) is 37.3 Å². The lowest BCUT2D eigenvalue weighted by Crippen LogP contribution is -2.16. The van der Waals surface area contributed by atoms with Crippen molar-refractivity contribution in [3.8, 4) is 0 Å². The van der Waals surface area contributed by atoms with Crippen molar-refractivity contribution in [1.82, 2.24) is 0 Å². The number of nitrogens with two attached hydrogens (primary N) is 1. The Bertz CT molecular complexity index is 767. The van der Waals surface area contributed by atoms with Gasteiger partial charge in [-0.25, -0.2) is 8.42 Å². The maximum atomic E-state index is 12.9. The molecule has 0 saturated carbocycles. The van der Waals surface area contributed by atoms with Gasteiger partial charge in [-0.3, -0.25) is 4.72 Å². The van der Waals surface area contributed by atoms with E-state index in [0.717, 1.165) is 22.3 Å². The Morgan fingerprint density at radius 3 is 2.38 bits per heavy atom. The van der Waals surface area contributed by atoms with Crippen molar-refractivity contribution in [3.05, 3.63) is 40.8 Å². The standard InChI is InChI=1S/C12H11F3N2O2S2/c1-7-2-5-11(20-7)21(18,19)17-10-4-3-8(16)6-9(10)12(13,14)15/h2-6,17H,16H2,1H3. The van der Waals surface area contributed by atoms with Gasteiger partial charge in [0.2, 0.25) is 0 Å². The minimum absolute atomic E-state index is 0.0510. The lowest BCUT2D eigenvalue weighted by atomic mass is 10.1. The van der Waals surface area contributed by atoms with Gasteiger partial charge in [0.25, 0.3) is 10.0 Å². The van der Waals surface area contributed by atoms with Crippen LogP contribution in [0.5, 0.6) is 0 Å². The van der Waals surface area contributed by atoms with Gasteiger partial charge >= 0.3 is 6.18 Å². The van der Waals surface area contributed by atoms with Gasteiger partial charge in [-0.1, -0.05) is 0 Å². The maximum absolute atomic E-state index is 12.9. The highest BCUT2D eigenvalue weighted by atomic mass is 32.2. The van der Waals surface area contributed by atoms with Crippen molar-refractivity contribution >= 4 is 32.7 Å². The van der Waals surface area contributed by atoms with Crippen LogP contribution in [0.15, 0.2) is 34.5 Å². The van der Waals surface area contributed by atoms with Crippen LogP contribution < -0.4 is 10.5 Å². The van der Waals surface area contributed by atoms with Crippen LogP contribution in [0.2, 0.25) is 0 Å². The summed E-state index contributed by atoms with van der Waals surface area (Å²) >= 11 is 0.974. The number of hydrogen-bond acceptors (Lipinski definition) is 4. The minimum atomic E-state index is -4.71. The normalized spacial score (nSPS) is 12.4. The number of alkyl halides is 3. The van der Waals surface area contributed by atoms with E-state index in [9.17, 15) is 21.6 Å². The molecule has 0 aliphatic heterocycles. The van der Waals surface area contributed by atoms with Crippen LogP contribution in [0.4, 0.5) is 24.5 Å². The van der Waals surface area contributed by atoms with E-state index < -0.39 is 27.5 Å². The first-order chi connectivity index (χ1) is 9.59. The first-order valence-electron chi connectivity index (χ1n) is 5.65. The molecule has 0 aliphatic carbocycles. The monoisotopic (exact) mass is 336 g/mol. The zero-order chi connectivity index (χ0) is 15.8. The van der Waals surface area contributed by atoms with Crippen molar-refractivity contribution in [3.63, 3.8) is 0 Å². The Morgan fingerprint density at radius 1 is 1.19 bits per heavy atom. The summed E-state index contributed by atoms with van der Waals surface area (Å²) < 4.78 is 64.8. The second-order valence-electron chi connectivity index (χ2n) is 4.27. The van der Waals surface area contributed by atoms with E-state index in [0.29, 0.717) is 6.07 Å². The van der Waals surface area contributed by atoms with Gasteiger partial charge in [0.1, 0.15) is 4.21 Å². The molecule has 9 heteroatoms. The Kier molecular flexibility index (Phi) is 3.89. The lowest BCUT2D eigenvalue weighted by molar-refractivity contribution is -0.136. The topological polar surface area (TPSA) is 72.2 Å². The molecule has 0 saturated heterocycles. The second kappa shape index (κ2) is 5.23. The summed E-state index contributed by atoms with van der Waals surface area (Å²) in [6, 6.07) is 5.81. The predicted octanol–water partition coefficient (Wildman–Crippen LogP) is 3.46. The van der Waals surface area contributed by atoms with Crippen LogP contribution >= 0.6 is 11.3 Å². The molecule has 0 aliphatic rings. The van der Waals surface area contributed by atoms with E-state index in [4.69, 9.17) is 5.73 Å². The first-order valence-corrected chi connectivity index (χ1v) is 7.95. The SMILES string of the molecule is Cc1ccc(S(=O)(=O)Nc2ccc(N)cc2C(F)(F)F)s1. The van der Waals surface area contributed by atoms with Gasteiger partial charge in [-0.15, -0.1) is 11.3 Å². The molecule has 3 N–H and O–H groups in total. The molecule has 0 radical (unpaired) electrons. The quantitative estimate of drug-likeness (QED) is 0.843. The van der Waals surface area contributed by atoms with Crippen molar-refractivity contribution in [2.45, 2.75) is 17.3 Å². The molecule has 1 aromatic heterocycles. The lowest BCUT2D eigenvalue weighted by Gasteiger charge is -2.14. The van der Waals surface area contributed by atoms with E-state index in [1.165, 1.54) is 12.1 Å². The third-order valence-corrected chi connectivity index (χ3v) is 5.43. The van der Waals surface area contributed by atoms with Crippen molar-refractivity contribution < 1.29 is 21.6 Å². The summed E-state index contributed by atoms with van der Waals surface area (Å²) in [5, 5.41) is 0. The molecule has 0 spiro atoms. The van der Waals surface area contributed by atoms with Crippen LogP contribution in [0.3, 0.4) is 0 Å². The summed E-state index contributed by atoms with van der Waals surface area (Å²) in [6.07, 6.45) is -4.71. The Hall–Kier alpha value is -1.74. The summed E-state index contributed by atoms with van der Waals surface area (Å²) in [5.41, 5.74) is 3.55. The third-order valence-electron chi connectivity index (χ3n) is 2.57. The van der Waals surface area contributed by atoms with Crippen LogP contribution in [0, 0.1) is 6.92 Å². The Balaban J connectivity index is 2.45. The van der Waals surface area contributed by atoms with Gasteiger partial charge in [0.05, 0.1) is 11.3 Å². The van der Waals surface area contributed by atoms with Crippen LogP contribution in [-0.2, 0) is 16.2 Å². The second-order valence-corrected chi connectivity index (χ2v) is 7.47. The first kappa shape index (κ1) is 15.6. The largest absolute Gasteiger partial charge is 0.418 e. The zero-order valence-electron chi connectivity index (χ0n) is 10.7. The Morgan fingerprint density at radius 2 is 1.86 bits per heavy atom. The third kappa shape index (κ3) is 3.48. The molecule has 0 atom stereocenters. The van der Waals surface area contributed by atoms with E-state index in [-0.39, 0.29) is 9.90 Å². The molecule has 4 nitrogen and oxygen atoms in total. The number of halogens is 3. The van der Waals surface area contributed by atoms with Crippen molar-refractivity contribution in [1.29, 1.82) is 0 Å². The number of nitrogen functional groups attached to an aromatic ring is 1. The van der Waals surface area contributed by atoms with Crippen molar-refractivity contribution in [2.24, 2.45) is 0 Å². The molecule has 2 rings (SSSR count). The molecule has 21 heavy (non-hydrogen) atoms. The maximum Gasteiger partial charge on any atom is 0.418 e. The Labute approximate surface area is 123 Å². The summed E-state index contributed by atoms with van der Waals surface area (Å²) in [6.45, 7) is 1.70. The van der Waals surface area contributed by atoms with E-state index >= 15 is 0 Å². The number of sulfonamides is 1. The average molecular weight is 336 g/mol. The fourth-order valence-corrected chi connectivity index (χ4v) is 4.00. The summed E-state index contributed by atoms with van der Waals surface area (Å²) in [5.74, 6) is 0. The van der Waals surface area contributed by atoms with E-state index in [1.807, 2.05) is 4.72 Å². The molecule has 0 amide bonds. The fourth-order valence-electron chi connectivity index (χ4n) is 1.64. The zero-order valence-corrected chi connectivity index (χ0v) is 12.4. The minimum Gasteiger partial charge on any atom is -0.399 e. The number of thiophene rings is 1. The van der Waals surface area contributed by atoms with Gasteiger partial charge in [0.15, 0.2) is 0 Å². The van der Waals surface area contributed by atoms with Crippen LogP contribution in [0.1, 0.15) is 10.4 Å². The average Bonchev–Trinajstić information content (AvgIpc) is 2.77. The highest BCUT2D eigenvalue weighted by Gasteiger charge is 2.35. The van der Waals surface area contributed by atoms with Gasteiger partial charge < -0.3 is 5.73 Å². The molecule has 114 valence electrons. The van der Waals surface area contributed by atoms with Crippen molar-refractivity contribution in [2.75, 3.05) is 10.5 Å². The highest BCUT2D eigenvalue weighted by molar-refractivity contribution is 7.94. The number of benzene rings is 1. The number of hydrogen-bond donors (Lipinski definition) is 2. The number of nitrogens with one attached hydrogen (secondary N) is 1. The van der Waals surface area contributed by atoms with Gasteiger partial charge in [0, 0.05) is 10.6 Å². The van der Waals surface area contributed by atoms with E-state index in [2.05, 4.69) is 0 Å². The van der Waals surface area contributed by atoms with E-state index in [1.54, 1.807) is 13.0 Å². The number of anilines is 2. The predicted molar refractivity (Wildman–Crippen MR) is 75.7 cm³/mol. The highest BCUT2D eigenvalue weighted by Crippen LogP contribution is 2.37. The smallest absolute Gasteiger partial charge is 0.399 e. The number of rotatable bonds is 3. The molecule has 1 heterocycles. The van der Waals surface area contributed by atoms with Crippen LogP contribution in [0.25, 0.3) is 0 Å². The molecule has 1 aromatic carbocycles. The molecule has 0 bridgehead atoms. The summed E-state index contributed by atoms with van der Waals surface area (Å²) in [7, 11) is -4.06.